The molecule has 0 unspecified atom stereocenters. The molecule has 26 heavy (non-hydrogen) atoms. The lowest BCUT2D eigenvalue weighted by Crippen LogP contribution is -2.73. The van der Waals surface area contributed by atoms with Gasteiger partial charge in [0.25, 0.3) is 0 Å². The van der Waals surface area contributed by atoms with E-state index in [0.717, 1.165) is 58.3 Å². The standard InChI is InChI=1S/C19H28N4O3/c1-18(2,3)26-17(24)23-13-19(14-23)11-22(12-19)16-10-15(4-5-20-16)21-6-8-25-9-7-21/h4-5,10H,6-9,11-14H2,1-3H3. The highest BCUT2D eigenvalue weighted by atomic mass is 16.6. The van der Waals surface area contributed by atoms with Crippen molar-refractivity contribution in [2.24, 2.45) is 5.41 Å². The Morgan fingerprint density at radius 3 is 2.50 bits per heavy atom. The maximum atomic E-state index is 12.1. The van der Waals surface area contributed by atoms with Crippen LogP contribution in [-0.2, 0) is 9.47 Å². The maximum absolute atomic E-state index is 12.1. The summed E-state index contributed by atoms with van der Waals surface area (Å²) in [5.41, 5.74) is 0.992. The van der Waals surface area contributed by atoms with Crippen LogP contribution in [0, 0.1) is 5.41 Å². The van der Waals surface area contributed by atoms with Gasteiger partial charge < -0.3 is 24.2 Å². The average Bonchev–Trinajstić information content (AvgIpc) is 2.52. The summed E-state index contributed by atoms with van der Waals surface area (Å²) in [6.45, 7) is 12.6. The van der Waals surface area contributed by atoms with Crippen molar-refractivity contribution >= 4 is 17.6 Å². The highest BCUT2D eigenvalue weighted by Crippen LogP contribution is 2.42. The van der Waals surface area contributed by atoms with Gasteiger partial charge in [-0.05, 0) is 26.8 Å². The molecule has 1 aromatic heterocycles. The first kappa shape index (κ1) is 17.4. The molecule has 0 N–H and O–H groups in total. The first-order valence-electron chi connectivity index (χ1n) is 9.35. The Bertz CT molecular complexity index is 668. The Hall–Kier alpha value is -2.02. The van der Waals surface area contributed by atoms with Crippen molar-refractivity contribution in [1.29, 1.82) is 0 Å². The molecule has 1 aromatic rings. The first-order chi connectivity index (χ1) is 12.3. The van der Waals surface area contributed by atoms with E-state index in [9.17, 15) is 4.79 Å². The summed E-state index contributed by atoms with van der Waals surface area (Å²) in [7, 11) is 0. The van der Waals surface area contributed by atoms with Crippen LogP contribution in [0.25, 0.3) is 0 Å². The van der Waals surface area contributed by atoms with Crippen LogP contribution >= 0.6 is 0 Å². The molecule has 1 spiro atoms. The van der Waals surface area contributed by atoms with Gasteiger partial charge in [0.2, 0.25) is 0 Å². The molecular weight excluding hydrogens is 332 g/mol. The molecule has 0 aliphatic carbocycles. The molecule has 3 saturated heterocycles. The molecule has 3 aliphatic rings. The van der Waals surface area contributed by atoms with E-state index in [0.29, 0.717) is 0 Å². The van der Waals surface area contributed by atoms with Crippen molar-refractivity contribution in [1.82, 2.24) is 9.88 Å². The van der Waals surface area contributed by atoms with E-state index < -0.39 is 5.60 Å². The van der Waals surface area contributed by atoms with Crippen LogP contribution in [0.15, 0.2) is 18.3 Å². The van der Waals surface area contributed by atoms with Crippen molar-refractivity contribution in [2.75, 3.05) is 62.3 Å². The Morgan fingerprint density at radius 2 is 1.85 bits per heavy atom. The van der Waals surface area contributed by atoms with Crippen LogP contribution in [0.4, 0.5) is 16.3 Å². The molecule has 142 valence electrons. The lowest BCUT2D eigenvalue weighted by Gasteiger charge is -2.60. The summed E-state index contributed by atoms with van der Waals surface area (Å²) >= 11 is 0. The van der Waals surface area contributed by atoms with E-state index in [1.807, 2.05) is 27.0 Å². The van der Waals surface area contributed by atoms with E-state index in [4.69, 9.17) is 9.47 Å². The molecule has 0 saturated carbocycles. The second-order valence-corrected chi connectivity index (χ2v) is 8.66. The van der Waals surface area contributed by atoms with Gasteiger partial charge >= 0.3 is 6.09 Å². The number of rotatable bonds is 2. The van der Waals surface area contributed by atoms with Gasteiger partial charge in [0, 0.05) is 62.6 Å². The van der Waals surface area contributed by atoms with Gasteiger partial charge in [-0.3, -0.25) is 0 Å². The fourth-order valence-electron chi connectivity index (χ4n) is 3.94. The highest BCUT2D eigenvalue weighted by molar-refractivity contribution is 5.70. The molecule has 4 rings (SSSR count). The zero-order valence-corrected chi connectivity index (χ0v) is 15.9. The monoisotopic (exact) mass is 360 g/mol. The molecule has 0 aromatic carbocycles. The van der Waals surface area contributed by atoms with Crippen LogP contribution in [0.3, 0.4) is 0 Å². The lowest BCUT2D eigenvalue weighted by atomic mass is 9.73. The van der Waals surface area contributed by atoms with Crippen LogP contribution in [-0.4, -0.2) is 74.1 Å². The number of nitrogens with zero attached hydrogens (tertiary/aromatic N) is 4. The normalized spacial score (nSPS) is 22.0. The van der Waals surface area contributed by atoms with Gasteiger partial charge in [-0.15, -0.1) is 0 Å². The van der Waals surface area contributed by atoms with Gasteiger partial charge in [-0.2, -0.15) is 0 Å². The van der Waals surface area contributed by atoms with Crippen LogP contribution in [0.2, 0.25) is 0 Å². The molecule has 1 amide bonds. The van der Waals surface area contributed by atoms with E-state index >= 15 is 0 Å². The number of likely N-dealkylation sites (tertiary alicyclic amines) is 1. The minimum atomic E-state index is -0.435. The van der Waals surface area contributed by atoms with Crippen molar-refractivity contribution in [3.63, 3.8) is 0 Å². The first-order valence-corrected chi connectivity index (χ1v) is 9.35. The number of hydrogen-bond donors (Lipinski definition) is 0. The molecule has 7 nitrogen and oxygen atoms in total. The summed E-state index contributed by atoms with van der Waals surface area (Å²) in [6, 6.07) is 4.24. The van der Waals surface area contributed by atoms with Crippen LogP contribution < -0.4 is 9.80 Å². The van der Waals surface area contributed by atoms with Crippen LogP contribution in [0.1, 0.15) is 20.8 Å². The average molecular weight is 360 g/mol. The number of hydrogen-bond acceptors (Lipinski definition) is 6. The lowest BCUT2D eigenvalue weighted by molar-refractivity contribution is -0.0454. The minimum Gasteiger partial charge on any atom is -0.444 e. The molecule has 0 radical (unpaired) electrons. The van der Waals surface area contributed by atoms with Gasteiger partial charge in [0.1, 0.15) is 11.4 Å². The molecule has 0 bridgehead atoms. The summed E-state index contributed by atoms with van der Waals surface area (Å²) in [5, 5.41) is 0. The summed E-state index contributed by atoms with van der Waals surface area (Å²) < 4.78 is 10.9. The number of amides is 1. The third-order valence-electron chi connectivity index (χ3n) is 5.19. The Kier molecular flexibility index (Phi) is 4.22. The van der Waals surface area contributed by atoms with Gasteiger partial charge in [-0.25, -0.2) is 9.78 Å². The fourth-order valence-corrected chi connectivity index (χ4v) is 3.94. The summed E-state index contributed by atoms with van der Waals surface area (Å²) in [4.78, 5) is 23.1. The van der Waals surface area contributed by atoms with E-state index in [1.54, 1.807) is 4.90 Å². The quantitative estimate of drug-likeness (QED) is 0.804. The minimum absolute atomic E-state index is 0.200. The predicted molar refractivity (Wildman–Crippen MR) is 99.7 cm³/mol. The number of carbonyl (C=O) groups is 1. The third-order valence-corrected chi connectivity index (χ3v) is 5.19. The van der Waals surface area contributed by atoms with E-state index in [1.165, 1.54) is 5.69 Å². The second-order valence-electron chi connectivity index (χ2n) is 8.66. The number of morpholine rings is 1. The molecule has 7 heteroatoms. The van der Waals surface area contributed by atoms with Crippen LogP contribution in [0.5, 0.6) is 0 Å². The number of aromatic nitrogens is 1. The SMILES string of the molecule is CC(C)(C)OC(=O)N1CC2(C1)CN(c1cc(N3CCOCC3)ccn1)C2. The Labute approximate surface area is 154 Å². The smallest absolute Gasteiger partial charge is 0.410 e. The topological polar surface area (TPSA) is 58.1 Å². The summed E-state index contributed by atoms with van der Waals surface area (Å²) in [5.74, 6) is 1.02. The van der Waals surface area contributed by atoms with E-state index in [-0.39, 0.29) is 11.5 Å². The Balaban J connectivity index is 1.31. The number of anilines is 2. The Morgan fingerprint density at radius 1 is 1.15 bits per heavy atom. The molecule has 4 heterocycles. The largest absolute Gasteiger partial charge is 0.444 e. The molecule has 0 atom stereocenters. The zero-order chi connectivity index (χ0) is 18.4. The third kappa shape index (κ3) is 3.45. The number of carbonyl (C=O) groups excluding carboxylic acids is 1. The van der Waals surface area contributed by atoms with Gasteiger partial charge in [-0.1, -0.05) is 0 Å². The maximum Gasteiger partial charge on any atom is 0.410 e. The zero-order valence-electron chi connectivity index (χ0n) is 15.9. The van der Waals surface area contributed by atoms with Crippen molar-refractivity contribution in [3.8, 4) is 0 Å². The molecule has 3 fully saturated rings. The number of pyridine rings is 1. The fraction of sp³-hybridized carbons (Fsp3) is 0.684. The molecule has 3 aliphatic heterocycles. The summed E-state index contributed by atoms with van der Waals surface area (Å²) in [6.07, 6.45) is 1.69. The highest BCUT2D eigenvalue weighted by Gasteiger charge is 2.54. The van der Waals surface area contributed by atoms with Crippen molar-refractivity contribution in [2.45, 2.75) is 26.4 Å². The van der Waals surface area contributed by atoms with E-state index in [2.05, 4.69) is 26.9 Å². The van der Waals surface area contributed by atoms with Crippen molar-refractivity contribution < 1.29 is 14.3 Å². The molecular formula is C19H28N4O3. The van der Waals surface area contributed by atoms with Gasteiger partial charge in [0.15, 0.2) is 0 Å². The second kappa shape index (κ2) is 6.30. The van der Waals surface area contributed by atoms with Gasteiger partial charge in [0.05, 0.1) is 13.2 Å². The predicted octanol–water partition coefficient (Wildman–Crippen LogP) is 1.98. The van der Waals surface area contributed by atoms with Crippen molar-refractivity contribution in [3.05, 3.63) is 18.3 Å². The number of ether oxygens (including phenoxy) is 2.